The molecule has 6 nitrogen and oxygen atoms in total. The third kappa shape index (κ3) is 3.63. The molecule has 0 atom stereocenters. The van der Waals surface area contributed by atoms with Crippen LogP contribution in [0.3, 0.4) is 0 Å². The zero-order chi connectivity index (χ0) is 16.8. The molecule has 0 unspecified atom stereocenters. The van der Waals surface area contributed by atoms with Gasteiger partial charge in [-0.25, -0.2) is 9.78 Å². The summed E-state index contributed by atoms with van der Waals surface area (Å²) in [6.07, 6.45) is 2.68. The number of rotatable bonds is 2. The first-order valence-electron chi connectivity index (χ1n) is 8.04. The number of para-hydroxylation sites is 1. The summed E-state index contributed by atoms with van der Waals surface area (Å²) in [5.74, 6) is 0.824. The van der Waals surface area contributed by atoms with Gasteiger partial charge in [0.25, 0.3) is 5.82 Å². The third-order valence-corrected chi connectivity index (χ3v) is 4.08. The number of hydrogen-bond donors (Lipinski definition) is 1. The number of carbonyl (C=O) groups is 1. The Morgan fingerprint density at radius 1 is 1.08 bits per heavy atom. The molecule has 0 aliphatic carbocycles. The predicted octanol–water partition coefficient (Wildman–Crippen LogP) is 2.12. The highest BCUT2D eigenvalue weighted by molar-refractivity contribution is 5.89. The van der Waals surface area contributed by atoms with Crippen LogP contribution in [0.5, 0.6) is 0 Å². The van der Waals surface area contributed by atoms with Crippen molar-refractivity contribution in [1.82, 2.24) is 4.90 Å². The van der Waals surface area contributed by atoms with Crippen molar-refractivity contribution in [3.63, 3.8) is 0 Å². The molecule has 1 fully saturated rings. The second kappa shape index (κ2) is 7.47. The van der Waals surface area contributed by atoms with Crippen LogP contribution in [0.2, 0.25) is 0 Å². The molecule has 0 radical (unpaired) electrons. The number of hydrogen-bond acceptors (Lipinski definition) is 3. The fourth-order valence-electron chi connectivity index (χ4n) is 2.85. The number of carbonyl (C=O) groups excluding carboxylic acids is 1. The Balaban J connectivity index is 1.65. The molecule has 0 bridgehead atoms. The lowest BCUT2D eigenvalue weighted by atomic mass is 10.2. The number of benzene rings is 1. The summed E-state index contributed by atoms with van der Waals surface area (Å²) >= 11 is 0. The van der Waals surface area contributed by atoms with Crippen molar-refractivity contribution in [3.8, 4) is 6.07 Å². The van der Waals surface area contributed by atoms with Crippen LogP contribution in [-0.2, 0) is 0 Å². The molecule has 1 aliphatic heterocycles. The van der Waals surface area contributed by atoms with Crippen LogP contribution in [0.15, 0.2) is 48.7 Å². The van der Waals surface area contributed by atoms with E-state index in [1.54, 1.807) is 6.07 Å². The number of H-pyrrole nitrogens is 1. The number of nitrogens with one attached hydrogen (secondary N) is 2. The summed E-state index contributed by atoms with van der Waals surface area (Å²) < 4.78 is 0. The molecule has 3 rings (SSSR count). The minimum absolute atomic E-state index is 0.0828. The highest BCUT2D eigenvalue weighted by Gasteiger charge is 2.25. The van der Waals surface area contributed by atoms with Crippen LogP contribution in [0.1, 0.15) is 12.0 Å². The molecule has 2 heterocycles. The molecule has 1 aromatic heterocycles. The highest BCUT2D eigenvalue weighted by Crippen LogP contribution is 2.16. The summed E-state index contributed by atoms with van der Waals surface area (Å²) in [6, 6.07) is 15.2. The van der Waals surface area contributed by atoms with Crippen molar-refractivity contribution in [2.24, 2.45) is 0 Å². The van der Waals surface area contributed by atoms with Gasteiger partial charge in [0.2, 0.25) is 0 Å². The minimum Gasteiger partial charge on any atom is -0.320 e. The fourth-order valence-corrected chi connectivity index (χ4v) is 2.85. The summed E-state index contributed by atoms with van der Waals surface area (Å²) in [5, 5.41) is 12.2. The Morgan fingerprint density at radius 3 is 2.71 bits per heavy atom. The van der Waals surface area contributed by atoms with Crippen molar-refractivity contribution in [2.75, 3.05) is 36.4 Å². The third-order valence-electron chi connectivity index (χ3n) is 4.08. The summed E-state index contributed by atoms with van der Waals surface area (Å²) in [5.41, 5.74) is 1.42. The number of nitriles is 1. The van der Waals surface area contributed by atoms with E-state index in [9.17, 15) is 10.1 Å². The number of urea groups is 1. The van der Waals surface area contributed by atoms with Gasteiger partial charge in [-0.2, -0.15) is 5.26 Å². The van der Waals surface area contributed by atoms with Crippen molar-refractivity contribution in [1.29, 1.82) is 5.26 Å². The first kappa shape index (κ1) is 15.8. The highest BCUT2D eigenvalue weighted by atomic mass is 16.2. The van der Waals surface area contributed by atoms with Crippen molar-refractivity contribution in [3.05, 3.63) is 54.2 Å². The molecule has 24 heavy (non-hydrogen) atoms. The topological polar surface area (TPSA) is 73.5 Å². The minimum atomic E-state index is -0.0828. The molecule has 2 amide bonds. The van der Waals surface area contributed by atoms with E-state index in [0.717, 1.165) is 24.5 Å². The average Bonchev–Trinajstić information content (AvgIpc) is 2.88. The number of aromatic nitrogens is 1. The van der Waals surface area contributed by atoms with Gasteiger partial charge in [0.1, 0.15) is 18.2 Å². The molecule has 0 spiro atoms. The van der Waals surface area contributed by atoms with E-state index in [-0.39, 0.29) is 6.03 Å². The predicted molar refractivity (Wildman–Crippen MR) is 91.6 cm³/mol. The van der Waals surface area contributed by atoms with Gasteiger partial charge in [0.05, 0.1) is 19.3 Å². The smallest absolute Gasteiger partial charge is 0.320 e. The molecule has 1 saturated heterocycles. The summed E-state index contributed by atoms with van der Waals surface area (Å²) in [7, 11) is 0. The Labute approximate surface area is 141 Å². The van der Waals surface area contributed by atoms with Crippen LogP contribution in [0, 0.1) is 11.3 Å². The first-order chi connectivity index (χ1) is 11.8. The molecule has 6 heteroatoms. The van der Waals surface area contributed by atoms with Crippen molar-refractivity contribution in [2.45, 2.75) is 6.42 Å². The maximum atomic E-state index is 12.4. The molecular weight excluding hydrogens is 302 g/mol. The number of aromatic amines is 1. The quantitative estimate of drug-likeness (QED) is 0.920. The molecule has 122 valence electrons. The molecule has 0 saturated carbocycles. The summed E-state index contributed by atoms with van der Waals surface area (Å²) in [4.78, 5) is 19.5. The van der Waals surface area contributed by atoms with Gasteiger partial charge in [0, 0.05) is 18.7 Å². The average molecular weight is 322 g/mol. The molecular formula is C18H20N5O+. The van der Waals surface area contributed by atoms with Crippen LogP contribution >= 0.6 is 0 Å². The van der Waals surface area contributed by atoms with Gasteiger partial charge in [-0.15, -0.1) is 0 Å². The van der Waals surface area contributed by atoms with Crippen LogP contribution in [-0.4, -0.2) is 37.1 Å². The zero-order valence-electron chi connectivity index (χ0n) is 13.4. The number of amides is 2. The molecule has 2 aromatic rings. The lowest BCUT2D eigenvalue weighted by Crippen LogP contribution is -2.39. The SMILES string of the molecule is N#Cc1ccc[nH+]c1N1CCCN(C(=O)Nc2ccccc2)CC1. The van der Waals surface area contributed by atoms with E-state index in [1.807, 2.05) is 47.5 Å². The molecule has 1 aromatic carbocycles. The van der Waals surface area contributed by atoms with E-state index in [4.69, 9.17) is 0 Å². The van der Waals surface area contributed by atoms with Gasteiger partial charge in [0.15, 0.2) is 0 Å². The lowest BCUT2D eigenvalue weighted by molar-refractivity contribution is -0.364. The van der Waals surface area contributed by atoms with Gasteiger partial charge >= 0.3 is 6.03 Å². The van der Waals surface area contributed by atoms with Crippen LogP contribution < -0.4 is 15.2 Å². The van der Waals surface area contributed by atoms with Crippen LogP contribution in [0.25, 0.3) is 0 Å². The lowest BCUT2D eigenvalue weighted by Gasteiger charge is -2.20. The number of nitrogens with zero attached hydrogens (tertiary/aromatic N) is 3. The Hall–Kier alpha value is -3.07. The van der Waals surface area contributed by atoms with Crippen LogP contribution in [0.4, 0.5) is 16.3 Å². The Morgan fingerprint density at radius 2 is 1.92 bits per heavy atom. The van der Waals surface area contributed by atoms with Gasteiger partial charge in [-0.05, 0) is 24.3 Å². The largest absolute Gasteiger partial charge is 0.321 e. The van der Waals surface area contributed by atoms with Crippen molar-refractivity contribution >= 4 is 17.5 Å². The van der Waals surface area contributed by atoms with Gasteiger partial charge < -0.3 is 10.2 Å². The van der Waals surface area contributed by atoms with E-state index >= 15 is 0 Å². The maximum absolute atomic E-state index is 12.4. The standard InChI is InChI=1S/C18H19N5O/c19-14-15-6-4-9-20-17(15)22-10-5-11-23(13-12-22)18(24)21-16-7-2-1-3-8-16/h1-4,6-9H,5,10-13H2,(H,21,24)/p+1. The first-order valence-corrected chi connectivity index (χ1v) is 8.04. The molecule has 1 aliphatic rings. The maximum Gasteiger partial charge on any atom is 0.321 e. The zero-order valence-corrected chi connectivity index (χ0v) is 13.4. The monoisotopic (exact) mass is 322 g/mol. The van der Waals surface area contributed by atoms with E-state index < -0.39 is 0 Å². The second-order valence-electron chi connectivity index (χ2n) is 5.67. The summed E-state index contributed by atoms with van der Waals surface area (Å²) in [6.45, 7) is 2.82. The Bertz CT molecular complexity index is 741. The van der Waals surface area contributed by atoms with Gasteiger partial charge in [-0.1, -0.05) is 18.2 Å². The number of pyridine rings is 1. The normalized spacial score (nSPS) is 14.6. The molecule has 2 N–H and O–H groups in total. The van der Waals surface area contributed by atoms with E-state index in [0.29, 0.717) is 25.2 Å². The van der Waals surface area contributed by atoms with E-state index in [1.165, 1.54) is 0 Å². The second-order valence-corrected chi connectivity index (χ2v) is 5.67. The van der Waals surface area contributed by atoms with E-state index in [2.05, 4.69) is 21.3 Å². The van der Waals surface area contributed by atoms with Crippen molar-refractivity contribution < 1.29 is 9.78 Å². The fraction of sp³-hybridized carbons (Fsp3) is 0.278. The number of anilines is 2. The van der Waals surface area contributed by atoms with Gasteiger partial charge in [-0.3, -0.25) is 4.90 Å². The Kier molecular flexibility index (Phi) is 4.92.